The molecule has 1 aliphatic rings. The molecule has 0 aliphatic carbocycles. The Hall–Kier alpha value is -2.21. The first-order valence-electron chi connectivity index (χ1n) is 6.69. The molecule has 2 N–H and O–H groups in total. The number of hydrogen-bond donors (Lipinski definition) is 2. The van der Waals surface area contributed by atoms with Crippen LogP contribution in [0.4, 0.5) is 0 Å². The molecule has 0 atom stereocenters. The molecule has 20 heavy (non-hydrogen) atoms. The normalized spacial score (nSPS) is 13.8. The minimum atomic E-state index is -0.0714. The predicted molar refractivity (Wildman–Crippen MR) is 72.2 cm³/mol. The van der Waals surface area contributed by atoms with Crippen molar-refractivity contribution < 1.29 is 9.32 Å². The van der Waals surface area contributed by atoms with Gasteiger partial charge >= 0.3 is 0 Å². The summed E-state index contributed by atoms with van der Waals surface area (Å²) in [6.45, 7) is 2.32. The predicted octanol–water partition coefficient (Wildman–Crippen LogP) is 0.688. The number of fused-ring (bicyclic) bond motifs is 1. The molecule has 1 aliphatic heterocycles. The van der Waals surface area contributed by atoms with E-state index in [1.54, 1.807) is 0 Å². The van der Waals surface area contributed by atoms with Crippen LogP contribution in [0.25, 0.3) is 0 Å². The molecule has 1 aromatic carbocycles. The summed E-state index contributed by atoms with van der Waals surface area (Å²) < 4.78 is 4.87. The highest BCUT2D eigenvalue weighted by molar-refractivity contribution is 5.94. The Morgan fingerprint density at radius 1 is 1.40 bits per heavy atom. The molecular formula is C14H16N4O2. The minimum absolute atomic E-state index is 0.0714. The third-order valence-corrected chi connectivity index (χ3v) is 3.39. The Balaban J connectivity index is 1.59. The van der Waals surface area contributed by atoms with Crippen LogP contribution in [-0.2, 0) is 19.4 Å². The molecule has 0 unspecified atom stereocenters. The maximum Gasteiger partial charge on any atom is 0.251 e. The van der Waals surface area contributed by atoms with Crippen LogP contribution < -0.4 is 10.6 Å². The number of rotatable bonds is 4. The zero-order valence-electron chi connectivity index (χ0n) is 11.1. The average Bonchev–Trinajstić information content (AvgIpc) is 3.00. The molecule has 2 aromatic rings. The molecule has 0 fully saturated rings. The van der Waals surface area contributed by atoms with Gasteiger partial charge in [0.2, 0.25) is 5.89 Å². The highest BCUT2D eigenvalue weighted by atomic mass is 16.5. The van der Waals surface area contributed by atoms with E-state index in [1.807, 2.05) is 18.2 Å². The molecule has 2 heterocycles. The van der Waals surface area contributed by atoms with E-state index < -0.39 is 0 Å². The summed E-state index contributed by atoms with van der Waals surface area (Å²) in [4.78, 5) is 16.0. The lowest BCUT2D eigenvalue weighted by molar-refractivity contribution is 0.0953. The Kier molecular flexibility index (Phi) is 3.73. The van der Waals surface area contributed by atoms with Crippen LogP contribution in [-0.4, -0.2) is 29.1 Å². The van der Waals surface area contributed by atoms with Crippen LogP contribution in [0.15, 0.2) is 29.0 Å². The number of hydrogen-bond acceptors (Lipinski definition) is 5. The Labute approximate surface area is 116 Å². The smallest absolute Gasteiger partial charge is 0.251 e. The molecule has 1 aromatic heterocycles. The van der Waals surface area contributed by atoms with E-state index in [9.17, 15) is 4.79 Å². The van der Waals surface area contributed by atoms with Crippen molar-refractivity contribution in [1.29, 1.82) is 0 Å². The molecule has 3 rings (SSSR count). The van der Waals surface area contributed by atoms with Gasteiger partial charge in [-0.25, -0.2) is 0 Å². The number of benzene rings is 1. The summed E-state index contributed by atoms with van der Waals surface area (Å²) in [6.07, 6.45) is 2.92. The van der Waals surface area contributed by atoms with Crippen LogP contribution in [0, 0.1) is 0 Å². The largest absolute Gasteiger partial charge is 0.352 e. The number of nitrogens with one attached hydrogen (secondary N) is 2. The third kappa shape index (κ3) is 2.85. The van der Waals surface area contributed by atoms with Crippen molar-refractivity contribution in [2.45, 2.75) is 19.4 Å². The first-order valence-corrected chi connectivity index (χ1v) is 6.69. The summed E-state index contributed by atoms with van der Waals surface area (Å²) >= 11 is 0. The van der Waals surface area contributed by atoms with E-state index in [2.05, 4.69) is 20.8 Å². The third-order valence-electron chi connectivity index (χ3n) is 3.39. The van der Waals surface area contributed by atoms with Crippen molar-refractivity contribution in [1.82, 2.24) is 20.8 Å². The van der Waals surface area contributed by atoms with Crippen molar-refractivity contribution in [3.63, 3.8) is 0 Å². The molecule has 0 radical (unpaired) electrons. The van der Waals surface area contributed by atoms with E-state index in [0.29, 0.717) is 24.4 Å². The van der Waals surface area contributed by atoms with Gasteiger partial charge in [0.15, 0.2) is 6.33 Å². The first kappa shape index (κ1) is 12.8. The quantitative estimate of drug-likeness (QED) is 0.856. The van der Waals surface area contributed by atoms with Crippen LogP contribution in [0.2, 0.25) is 0 Å². The van der Waals surface area contributed by atoms with E-state index in [4.69, 9.17) is 4.52 Å². The lowest BCUT2D eigenvalue weighted by Gasteiger charge is -2.17. The summed E-state index contributed by atoms with van der Waals surface area (Å²) in [7, 11) is 0. The average molecular weight is 272 g/mol. The number of aromatic nitrogens is 2. The van der Waals surface area contributed by atoms with Crippen molar-refractivity contribution in [3.05, 3.63) is 47.1 Å². The second-order valence-electron chi connectivity index (χ2n) is 4.75. The molecule has 1 amide bonds. The molecule has 0 saturated heterocycles. The topological polar surface area (TPSA) is 80.1 Å². The zero-order valence-corrected chi connectivity index (χ0v) is 11.1. The van der Waals surface area contributed by atoms with E-state index >= 15 is 0 Å². The standard InChI is InChI=1S/C14H16N4O2/c19-14(16-6-4-13-17-9-18-20-13)11-2-1-10-3-5-15-8-12(10)7-11/h1-2,7,9,15H,3-6,8H2,(H,16,19). The fourth-order valence-electron chi connectivity index (χ4n) is 2.31. The second kappa shape index (κ2) is 5.83. The summed E-state index contributed by atoms with van der Waals surface area (Å²) in [5, 5.41) is 9.69. The van der Waals surface area contributed by atoms with Crippen LogP contribution in [0.1, 0.15) is 27.4 Å². The Bertz CT molecular complexity index is 595. The first-order chi connectivity index (χ1) is 9.83. The van der Waals surface area contributed by atoms with Gasteiger partial charge in [0, 0.05) is 25.1 Å². The minimum Gasteiger partial charge on any atom is -0.352 e. The van der Waals surface area contributed by atoms with Gasteiger partial charge < -0.3 is 15.2 Å². The van der Waals surface area contributed by atoms with E-state index in [1.165, 1.54) is 17.5 Å². The van der Waals surface area contributed by atoms with Gasteiger partial charge in [-0.15, -0.1) is 0 Å². The maximum absolute atomic E-state index is 12.1. The lowest BCUT2D eigenvalue weighted by atomic mass is 9.98. The van der Waals surface area contributed by atoms with Crippen molar-refractivity contribution in [3.8, 4) is 0 Å². The fourth-order valence-corrected chi connectivity index (χ4v) is 2.31. The van der Waals surface area contributed by atoms with Crippen molar-refractivity contribution in [2.75, 3.05) is 13.1 Å². The molecular weight excluding hydrogens is 256 g/mol. The van der Waals surface area contributed by atoms with Gasteiger partial charge in [0.25, 0.3) is 5.91 Å². The van der Waals surface area contributed by atoms with Gasteiger partial charge in [-0.05, 0) is 36.2 Å². The van der Waals surface area contributed by atoms with E-state index in [-0.39, 0.29) is 5.91 Å². The highest BCUT2D eigenvalue weighted by Crippen LogP contribution is 2.15. The Morgan fingerprint density at radius 2 is 2.35 bits per heavy atom. The van der Waals surface area contributed by atoms with E-state index in [0.717, 1.165) is 19.5 Å². The highest BCUT2D eigenvalue weighted by Gasteiger charge is 2.12. The summed E-state index contributed by atoms with van der Waals surface area (Å²) in [6, 6.07) is 5.89. The molecule has 104 valence electrons. The van der Waals surface area contributed by atoms with Crippen LogP contribution in [0.5, 0.6) is 0 Å². The van der Waals surface area contributed by atoms with Crippen molar-refractivity contribution in [2.24, 2.45) is 0 Å². The van der Waals surface area contributed by atoms with Crippen LogP contribution in [0.3, 0.4) is 0 Å². The van der Waals surface area contributed by atoms with Gasteiger partial charge in [0.1, 0.15) is 0 Å². The SMILES string of the molecule is O=C(NCCc1ncno1)c1ccc2c(c1)CNCC2. The molecule has 0 saturated carbocycles. The summed E-state index contributed by atoms with van der Waals surface area (Å²) in [5.41, 5.74) is 3.23. The Morgan fingerprint density at radius 3 is 3.20 bits per heavy atom. The lowest BCUT2D eigenvalue weighted by Crippen LogP contribution is -2.27. The van der Waals surface area contributed by atoms with Gasteiger partial charge in [0.05, 0.1) is 0 Å². The molecule has 6 heteroatoms. The van der Waals surface area contributed by atoms with Crippen molar-refractivity contribution >= 4 is 5.91 Å². The molecule has 6 nitrogen and oxygen atoms in total. The van der Waals surface area contributed by atoms with Gasteiger partial charge in [-0.3, -0.25) is 4.79 Å². The summed E-state index contributed by atoms with van der Waals surface area (Å²) in [5.74, 6) is 0.456. The number of carbonyl (C=O) groups is 1. The van der Waals surface area contributed by atoms with Gasteiger partial charge in [-0.1, -0.05) is 11.2 Å². The molecule has 0 bridgehead atoms. The number of nitrogens with zero attached hydrogens (tertiary/aromatic N) is 2. The number of carbonyl (C=O) groups excluding carboxylic acids is 1. The zero-order chi connectivity index (χ0) is 13.8. The van der Waals surface area contributed by atoms with Crippen LogP contribution >= 0.6 is 0 Å². The fraction of sp³-hybridized carbons (Fsp3) is 0.357. The molecule has 0 spiro atoms. The maximum atomic E-state index is 12.1. The number of amides is 1. The van der Waals surface area contributed by atoms with Gasteiger partial charge in [-0.2, -0.15) is 4.98 Å². The second-order valence-corrected chi connectivity index (χ2v) is 4.75. The monoisotopic (exact) mass is 272 g/mol.